The standard InChI is InChI=1S/C12H17NO5S2/c1-8-10(6-9(18-8)11(14)15)20(16,17)13-7-12(19-2)4-3-5-12/h6,13H,3-5,7H2,1-2H3,(H,14,15). The van der Waals surface area contributed by atoms with E-state index < -0.39 is 16.0 Å². The second kappa shape index (κ2) is 5.42. The molecule has 1 aliphatic carbocycles. The summed E-state index contributed by atoms with van der Waals surface area (Å²) in [5, 5.41) is 8.82. The quantitative estimate of drug-likeness (QED) is 0.830. The fourth-order valence-electron chi connectivity index (χ4n) is 2.17. The highest BCUT2D eigenvalue weighted by Crippen LogP contribution is 2.42. The van der Waals surface area contributed by atoms with Gasteiger partial charge in [-0.15, -0.1) is 0 Å². The van der Waals surface area contributed by atoms with Crippen molar-refractivity contribution < 1.29 is 22.7 Å². The molecule has 8 heteroatoms. The molecule has 0 saturated heterocycles. The number of hydrogen-bond donors (Lipinski definition) is 2. The van der Waals surface area contributed by atoms with E-state index in [-0.39, 0.29) is 21.2 Å². The molecule has 1 aromatic heterocycles. The number of carboxylic acid groups (broad SMARTS) is 1. The molecule has 0 spiro atoms. The van der Waals surface area contributed by atoms with E-state index in [1.807, 2.05) is 6.26 Å². The third-order valence-electron chi connectivity index (χ3n) is 3.65. The first-order valence-electron chi connectivity index (χ1n) is 6.18. The Morgan fingerprint density at radius 2 is 2.20 bits per heavy atom. The van der Waals surface area contributed by atoms with Crippen LogP contribution >= 0.6 is 11.8 Å². The first-order chi connectivity index (χ1) is 9.30. The highest BCUT2D eigenvalue weighted by Gasteiger charge is 2.37. The minimum Gasteiger partial charge on any atom is -0.475 e. The number of rotatable bonds is 6. The third-order valence-corrected chi connectivity index (χ3v) is 6.58. The Balaban J connectivity index is 2.16. The van der Waals surface area contributed by atoms with Crippen LogP contribution in [0.4, 0.5) is 0 Å². The summed E-state index contributed by atoms with van der Waals surface area (Å²) < 4.78 is 31.9. The first-order valence-corrected chi connectivity index (χ1v) is 8.89. The molecule has 112 valence electrons. The summed E-state index contributed by atoms with van der Waals surface area (Å²) in [6.07, 6.45) is 5.05. The van der Waals surface area contributed by atoms with Gasteiger partial charge >= 0.3 is 5.97 Å². The van der Waals surface area contributed by atoms with Gasteiger partial charge in [0, 0.05) is 17.4 Å². The van der Waals surface area contributed by atoms with Crippen LogP contribution in [0.5, 0.6) is 0 Å². The van der Waals surface area contributed by atoms with E-state index in [4.69, 9.17) is 9.52 Å². The maximum atomic E-state index is 12.2. The van der Waals surface area contributed by atoms with Crippen LogP contribution in [0.25, 0.3) is 0 Å². The third kappa shape index (κ3) is 2.87. The van der Waals surface area contributed by atoms with Crippen LogP contribution in [0, 0.1) is 6.92 Å². The van der Waals surface area contributed by atoms with Gasteiger partial charge in [-0.2, -0.15) is 11.8 Å². The number of carbonyl (C=O) groups is 1. The lowest BCUT2D eigenvalue weighted by atomic mass is 9.84. The lowest BCUT2D eigenvalue weighted by Crippen LogP contribution is -2.45. The molecule has 0 aliphatic heterocycles. The van der Waals surface area contributed by atoms with Crippen molar-refractivity contribution >= 4 is 27.8 Å². The summed E-state index contributed by atoms with van der Waals surface area (Å²) in [5.74, 6) is -1.57. The van der Waals surface area contributed by atoms with E-state index in [1.54, 1.807) is 11.8 Å². The van der Waals surface area contributed by atoms with E-state index in [0.717, 1.165) is 25.3 Å². The van der Waals surface area contributed by atoms with Crippen LogP contribution in [0.15, 0.2) is 15.4 Å². The van der Waals surface area contributed by atoms with Crippen molar-refractivity contribution in [2.24, 2.45) is 0 Å². The number of furan rings is 1. The molecule has 2 N–H and O–H groups in total. The highest BCUT2D eigenvalue weighted by molar-refractivity contribution is 8.00. The fraction of sp³-hybridized carbons (Fsp3) is 0.583. The molecule has 20 heavy (non-hydrogen) atoms. The van der Waals surface area contributed by atoms with Gasteiger partial charge in [-0.05, 0) is 26.0 Å². The number of hydrogen-bond acceptors (Lipinski definition) is 5. The Labute approximate surface area is 122 Å². The van der Waals surface area contributed by atoms with Crippen molar-refractivity contribution in [1.29, 1.82) is 0 Å². The lowest BCUT2D eigenvalue weighted by Gasteiger charge is -2.40. The molecule has 1 aliphatic rings. The zero-order valence-corrected chi connectivity index (χ0v) is 12.9. The Hall–Kier alpha value is -0.990. The number of carboxylic acids is 1. The van der Waals surface area contributed by atoms with Crippen LogP contribution in [0.1, 0.15) is 35.6 Å². The molecular formula is C12H17NO5S2. The topological polar surface area (TPSA) is 96.6 Å². The van der Waals surface area contributed by atoms with Crippen LogP contribution in [0.3, 0.4) is 0 Å². The Morgan fingerprint density at radius 3 is 2.60 bits per heavy atom. The molecule has 1 saturated carbocycles. The number of aromatic carboxylic acids is 1. The van der Waals surface area contributed by atoms with E-state index in [1.165, 1.54) is 6.92 Å². The zero-order valence-electron chi connectivity index (χ0n) is 11.3. The summed E-state index contributed by atoms with van der Waals surface area (Å²) in [5.41, 5.74) is 0. The van der Waals surface area contributed by atoms with Gasteiger partial charge in [-0.3, -0.25) is 0 Å². The summed E-state index contributed by atoms with van der Waals surface area (Å²) in [6.45, 7) is 1.79. The maximum absolute atomic E-state index is 12.2. The molecule has 1 fully saturated rings. The van der Waals surface area contributed by atoms with Crippen LogP contribution in [-0.4, -0.2) is 37.0 Å². The average Bonchev–Trinajstić information content (AvgIpc) is 2.71. The zero-order chi connectivity index (χ0) is 15.0. The molecule has 2 rings (SSSR count). The summed E-state index contributed by atoms with van der Waals surface area (Å²) >= 11 is 1.66. The number of aryl methyl sites for hydroxylation is 1. The molecule has 0 unspecified atom stereocenters. The second-order valence-electron chi connectivity index (χ2n) is 4.90. The molecule has 0 amide bonds. The monoisotopic (exact) mass is 319 g/mol. The molecule has 0 radical (unpaired) electrons. The van der Waals surface area contributed by atoms with Crippen molar-refractivity contribution in [3.8, 4) is 0 Å². The largest absolute Gasteiger partial charge is 0.475 e. The smallest absolute Gasteiger partial charge is 0.371 e. The minimum atomic E-state index is -3.74. The van der Waals surface area contributed by atoms with Crippen molar-refractivity contribution in [3.63, 3.8) is 0 Å². The summed E-state index contributed by atoms with van der Waals surface area (Å²) in [4.78, 5) is 10.7. The summed E-state index contributed by atoms with van der Waals surface area (Å²) in [6, 6.07) is 1.05. The number of nitrogens with one attached hydrogen (secondary N) is 1. The van der Waals surface area contributed by atoms with E-state index in [0.29, 0.717) is 6.54 Å². The highest BCUT2D eigenvalue weighted by atomic mass is 32.2. The van der Waals surface area contributed by atoms with Crippen LogP contribution in [-0.2, 0) is 10.0 Å². The second-order valence-corrected chi connectivity index (χ2v) is 7.91. The van der Waals surface area contributed by atoms with Gasteiger partial charge in [0.1, 0.15) is 10.7 Å². The van der Waals surface area contributed by atoms with Crippen molar-refractivity contribution in [1.82, 2.24) is 4.72 Å². The van der Waals surface area contributed by atoms with Crippen LogP contribution in [0.2, 0.25) is 0 Å². The van der Waals surface area contributed by atoms with Crippen molar-refractivity contribution in [2.75, 3.05) is 12.8 Å². The Bertz CT molecular complexity index is 610. The Kier molecular flexibility index (Phi) is 4.17. The van der Waals surface area contributed by atoms with E-state index in [9.17, 15) is 13.2 Å². The van der Waals surface area contributed by atoms with Gasteiger partial charge in [0.25, 0.3) is 0 Å². The predicted molar refractivity (Wildman–Crippen MR) is 75.7 cm³/mol. The fourth-order valence-corrected chi connectivity index (χ4v) is 4.47. The normalized spacial score (nSPS) is 17.7. The van der Waals surface area contributed by atoms with Gasteiger partial charge in [0.2, 0.25) is 15.8 Å². The summed E-state index contributed by atoms with van der Waals surface area (Å²) in [7, 11) is -3.74. The van der Waals surface area contributed by atoms with Gasteiger partial charge < -0.3 is 9.52 Å². The molecule has 0 atom stereocenters. The molecule has 6 nitrogen and oxygen atoms in total. The molecule has 0 aromatic carbocycles. The van der Waals surface area contributed by atoms with Crippen molar-refractivity contribution in [2.45, 2.75) is 35.8 Å². The molecule has 1 aromatic rings. The Morgan fingerprint density at radius 1 is 1.55 bits per heavy atom. The van der Waals surface area contributed by atoms with Gasteiger partial charge in [-0.25, -0.2) is 17.9 Å². The first kappa shape index (κ1) is 15.4. The number of thioether (sulfide) groups is 1. The average molecular weight is 319 g/mol. The van der Waals surface area contributed by atoms with E-state index in [2.05, 4.69) is 4.72 Å². The van der Waals surface area contributed by atoms with Gasteiger partial charge in [-0.1, -0.05) is 6.42 Å². The van der Waals surface area contributed by atoms with Gasteiger partial charge in [0.15, 0.2) is 0 Å². The van der Waals surface area contributed by atoms with E-state index >= 15 is 0 Å². The molecular weight excluding hydrogens is 302 g/mol. The predicted octanol–water partition coefficient (Wildman–Crippen LogP) is 1.85. The maximum Gasteiger partial charge on any atom is 0.371 e. The molecule has 1 heterocycles. The van der Waals surface area contributed by atoms with Crippen LogP contribution < -0.4 is 4.72 Å². The van der Waals surface area contributed by atoms with Crippen molar-refractivity contribution in [3.05, 3.63) is 17.6 Å². The number of sulfonamides is 1. The van der Waals surface area contributed by atoms with Gasteiger partial charge in [0.05, 0.1) is 0 Å². The minimum absolute atomic E-state index is 0.0274. The molecule has 0 bridgehead atoms. The SMILES string of the molecule is CSC1(CNS(=O)(=O)c2cc(C(=O)O)oc2C)CCC1. The lowest BCUT2D eigenvalue weighted by molar-refractivity contribution is 0.0661.